The smallest absolute Gasteiger partial charge is 0.270 e. The Morgan fingerprint density at radius 2 is 1.66 bits per heavy atom. The Hall–Kier alpha value is -3.88. The predicted octanol–water partition coefficient (Wildman–Crippen LogP) is 2.54. The van der Waals surface area contributed by atoms with Gasteiger partial charge in [-0.2, -0.15) is 0 Å². The van der Waals surface area contributed by atoms with Gasteiger partial charge in [-0.15, -0.1) is 0 Å². The minimum absolute atomic E-state index is 0.0225. The average molecular weight is 391 g/mol. The number of nitrogens with zero attached hydrogens (tertiary/aromatic N) is 5. The number of para-hydroxylation sites is 1. The van der Waals surface area contributed by atoms with Crippen LogP contribution in [0.2, 0.25) is 0 Å². The highest BCUT2D eigenvalue weighted by atomic mass is 16.6. The number of nitro groups is 1. The van der Waals surface area contributed by atoms with Gasteiger partial charge in [0.25, 0.3) is 5.69 Å². The number of nitrogens with two attached hydrogens (primary N) is 2. The van der Waals surface area contributed by atoms with Gasteiger partial charge < -0.3 is 21.3 Å². The van der Waals surface area contributed by atoms with Crippen molar-refractivity contribution in [1.29, 1.82) is 0 Å². The molecule has 1 saturated heterocycles. The molecule has 9 heteroatoms. The molecule has 1 aliphatic rings. The Bertz CT molecular complexity index is 1030. The van der Waals surface area contributed by atoms with Crippen molar-refractivity contribution in [2.45, 2.75) is 0 Å². The van der Waals surface area contributed by atoms with Crippen LogP contribution in [0.25, 0.3) is 11.4 Å². The zero-order chi connectivity index (χ0) is 20.4. The fourth-order valence-electron chi connectivity index (χ4n) is 3.47. The summed E-state index contributed by atoms with van der Waals surface area (Å²) in [6.07, 6.45) is 1.42. The lowest BCUT2D eigenvalue weighted by atomic mass is 10.1. The molecule has 0 unspecified atom stereocenters. The molecule has 0 radical (unpaired) electrons. The molecule has 1 aromatic heterocycles. The molecule has 0 saturated carbocycles. The Labute approximate surface area is 167 Å². The van der Waals surface area contributed by atoms with Crippen LogP contribution in [-0.2, 0) is 0 Å². The number of rotatable bonds is 4. The molecule has 2 heterocycles. The molecule has 4 N–H and O–H groups in total. The maximum atomic E-state index is 11.3. The van der Waals surface area contributed by atoms with Crippen LogP contribution < -0.4 is 21.3 Å². The summed E-state index contributed by atoms with van der Waals surface area (Å²) < 4.78 is 0. The molecule has 0 atom stereocenters. The van der Waals surface area contributed by atoms with Crippen molar-refractivity contribution in [3.8, 4) is 11.4 Å². The maximum absolute atomic E-state index is 11.3. The van der Waals surface area contributed by atoms with Gasteiger partial charge in [0.1, 0.15) is 0 Å². The molecule has 0 amide bonds. The molecule has 9 nitrogen and oxygen atoms in total. The van der Waals surface area contributed by atoms with Crippen molar-refractivity contribution in [3.05, 3.63) is 64.8 Å². The van der Waals surface area contributed by atoms with E-state index in [1.807, 2.05) is 18.2 Å². The first-order valence-corrected chi connectivity index (χ1v) is 9.24. The average Bonchev–Trinajstić information content (AvgIpc) is 2.76. The van der Waals surface area contributed by atoms with Crippen LogP contribution >= 0.6 is 0 Å². The minimum atomic E-state index is -0.429. The van der Waals surface area contributed by atoms with Crippen LogP contribution in [0.4, 0.5) is 28.6 Å². The molecule has 0 spiro atoms. The first-order valence-electron chi connectivity index (χ1n) is 9.24. The molecule has 4 rings (SSSR count). The van der Waals surface area contributed by atoms with E-state index in [0.717, 1.165) is 31.9 Å². The highest BCUT2D eigenvalue weighted by Crippen LogP contribution is 2.34. The van der Waals surface area contributed by atoms with Crippen molar-refractivity contribution in [2.24, 2.45) is 0 Å². The molecular weight excluding hydrogens is 370 g/mol. The zero-order valence-electron chi connectivity index (χ0n) is 15.7. The lowest BCUT2D eigenvalue weighted by Crippen LogP contribution is -2.46. The van der Waals surface area contributed by atoms with Crippen molar-refractivity contribution >= 4 is 28.6 Å². The van der Waals surface area contributed by atoms with Crippen LogP contribution in [0, 0.1) is 10.1 Å². The predicted molar refractivity (Wildman–Crippen MR) is 114 cm³/mol. The molecule has 1 aliphatic heterocycles. The largest absolute Gasteiger partial charge is 0.394 e. The lowest BCUT2D eigenvalue weighted by molar-refractivity contribution is -0.384. The van der Waals surface area contributed by atoms with Gasteiger partial charge in [-0.1, -0.05) is 18.2 Å². The summed E-state index contributed by atoms with van der Waals surface area (Å²) >= 11 is 0. The van der Waals surface area contributed by atoms with Gasteiger partial charge in [-0.05, 0) is 18.2 Å². The summed E-state index contributed by atoms with van der Waals surface area (Å²) in [5.74, 6) is 0.474. The van der Waals surface area contributed by atoms with Gasteiger partial charge in [0.15, 0.2) is 11.6 Å². The summed E-state index contributed by atoms with van der Waals surface area (Å²) in [6, 6.07) is 15.0. The minimum Gasteiger partial charge on any atom is -0.394 e. The van der Waals surface area contributed by atoms with E-state index >= 15 is 0 Å². The molecule has 2 aromatic carbocycles. The summed E-state index contributed by atoms with van der Waals surface area (Å²) in [5.41, 5.74) is 14.4. The topological polar surface area (TPSA) is 127 Å². The number of nitrogen functional groups attached to an aromatic ring is 2. The number of benzene rings is 2. The second-order valence-electron chi connectivity index (χ2n) is 6.80. The number of hydrogen-bond acceptors (Lipinski definition) is 8. The highest BCUT2D eigenvalue weighted by Gasteiger charge is 2.23. The van der Waals surface area contributed by atoms with Crippen molar-refractivity contribution in [2.75, 3.05) is 47.4 Å². The molecule has 148 valence electrons. The summed E-state index contributed by atoms with van der Waals surface area (Å²) in [5, 5.41) is 11.3. The summed E-state index contributed by atoms with van der Waals surface area (Å²) in [4.78, 5) is 23.9. The second-order valence-corrected chi connectivity index (χ2v) is 6.80. The van der Waals surface area contributed by atoms with Crippen LogP contribution in [0.3, 0.4) is 0 Å². The van der Waals surface area contributed by atoms with Gasteiger partial charge in [0, 0.05) is 55.2 Å². The third-order valence-electron chi connectivity index (χ3n) is 5.02. The lowest BCUT2D eigenvalue weighted by Gasteiger charge is -2.38. The summed E-state index contributed by atoms with van der Waals surface area (Å²) in [6.45, 7) is 3.21. The Morgan fingerprint density at radius 1 is 0.966 bits per heavy atom. The van der Waals surface area contributed by atoms with Crippen molar-refractivity contribution in [3.63, 3.8) is 0 Å². The summed E-state index contributed by atoms with van der Waals surface area (Å²) in [7, 11) is 0. The van der Waals surface area contributed by atoms with E-state index < -0.39 is 4.92 Å². The zero-order valence-corrected chi connectivity index (χ0v) is 15.7. The molecule has 1 fully saturated rings. The Kier molecular flexibility index (Phi) is 4.86. The van der Waals surface area contributed by atoms with E-state index in [2.05, 4.69) is 31.9 Å². The second kappa shape index (κ2) is 7.63. The standard InChI is InChI=1S/C20H21N7O2/c21-17-13-23-20(24-19(17)22)16-12-15(27(28)29)6-7-18(16)26-10-8-25(9-11-26)14-4-2-1-3-5-14/h1-7,12-13H,8-11,21H2,(H2,22,23,24). The van der Waals surface area contributed by atoms with Crippen LogP contribution in [0.5, 0.6) is 0 Å². The molecule has 3 aromatic rings. The number of aromatic nitrogens is 2. The van der Waals surface area contributed by atoms with Gasteiger partial charge in [0.05, 0.1) is 16.8 Å². The van der Waals surface area contributed by atoms with Crippen LogP contribution in [-0.4, -0.2) is 41.1 Å². The maximum Gasteiger partial charge on any atom is 0.270 e. The number of piperazine rings is 1. The fourth-order valence-corrected chi connectivity index (χ4v) is 3.47. The molecule has 0 bridgehead atoms. The number of hydrogen-bond donors (Lipinski definition) is 2. The fraction of sp³-hybridized carbons (Fsp3) is 0.200. The Morgan fingerprint density at radius 3 is 2.31 bits per heavy atom. The number of non-ortho nitro benzene ring substituents is 1. The van der Waals surface area contributed by atoms with Gasteiger partial charge in [-0.3, -0.25) is 10.1 Å². The quantitative estimate of drug-likeness (QED) is 0.513. The first kappa shape index (κ1) is 18.5. The van der Waals surface area contributed by atoms with E-state index in [-0.39, 0.29) is 17.2 Å². The third kappa shape index (κ3) is 3.75. The first-order chi connectivity index (χ1) is 14.0. The van der Waals surface area contributed by atoms with Gasteiger partial charge in [0.2, 0.25) is 0 Å². The molecule has 0 aliphatic carbocycles. The normalized spacial score (nSPS) is 14.1. The SMILES string of the molecule is Nc1cnc(-c2cc([N+](=O)[O-])ccc2N2CCN(c3ccccc3)CC2)nc1N. The molecular formula is C20H21N7O2. The monoisotopic (exact) mass is 391 g/mol. The van der Waals surface area contributed by atoms with E-state index in [4.69, 9.17) is 11.5 Å². The van der Waals surface area contributed by atoms with Gasteiger partial charge in [-0.25, -0.2) is 9.97 Å². The van der Waals surface area contributed by atoms with E-state index in [0.29, 0.717) is 11.4 Å². The van der Waals surface area contributed by atoms with Gasteiger partial charge >= 0.3 is 0 Å². The number of anilines is 4. The van der Waals surface area contributed by atoms with E-state index in [9.17, 15) is 10.1 Å². The van der Waals surface area contributed by atoms with Crippen LogP contribution in [0.1, 0.15) is 0 Å². The third-order valence-corrected chi connectivity index (χ3v) is 5.02. The van der Waals surface area contributed by atoms with Crippen LogP contribution in [0.15, 0.2) is 54.7 Å². The van der Waals surface area contributed by atoms with E-state index in [1.54, 1.807) is 6.07 Å². The van der Waals surface area contributed by atoms with E-state index in [1.165, 1.54) is 24.0 Å². The highest BCUT2D eigenvalue weighted by molar-refractivity contribution is 5.78. The Balaban J connectivity index is 1.65. The van der Waals surface area contributed by atoms with Crippen molar-refractivity contribution in [1.82, 2.24) is 9.97 Å². The number of nitro benzene ring substituents is 1. The van der Waals surface area contributed by atoms with Crippen molar-refractivity contribution < 1.29 is 4.92 Å². The molecule has 29 heavy (non-hydrogen) atoms.